The molecule has 5 rings (SSSR count). The Morgan fingerprint density at radius 1 is 0.889 bits per heavy atom. The minimum atomic E-state index is 0.807. The van der Waals surface area contributed by atoms with Gasteiger partial charge < -0.3 is 20.0 Å². The molecule has 0 atom stereocenters. The van der Waals surface area contributed by atoms with Crippen molar-refractivity contribution in [3.8, 4) is 0 Å². The standard InChI is InChI=1S/C29H41N7/c1-34(2)28-22-26(31-25-13-8-12-24(15-16-25)23-10-4-3-5-11-23)32-29(33-28)36-19-9-18-35(20-21-36)27-14-6-7-17-30-27/h6-7,12-14,17,22-23H,3-5,8-11,15-16,18-21H2,1-2H3,(H,31,32,33). The van der Waals surface area contributed by atoms with Crippen molar-refractivity contribution in [1.82, 2.24) is 15.0 Å². The van der Waals surface area contributed by atoms with Gasteiger partial charge in [0.25, 0.3) is 0 Å². The number of nitrogens with zero attached hydrogens (tertiary/aromatic N) is 6. The Morgan fingerprint density at radius 2 is 1.72 bits per heavy atom. The van der Waals surface area contributed by atoms with E-state index in [1.54, 1.807) is 5.57 Å². The summed E-state index contributed by atoms with van der Waals surface area (Å²) in [5, 5.41) is 3.67. The largest absolute Gasteiger partial charge is 0.363 e. The van der Waals surface area contributed by atoms with Crippen LogP contribution in [0, 0.1) is 5.92 Å². The van der Waals surface area contributed by atoms with E-state index in [1.807, 2.05) is 26.4 Å². The Labute approximate surface area is 216 Å². The predicted molar refractivity (Wildman–Crippen MR) is 150 cm³/mol. The maximum atomic E-state index is 5.00. The maximum absolute atomic E-state index is 5.00. The second-order valence-corrected chi connectivity index (χ2v) is 10.5. The lowest BCUT2D eigenvalue weighted by Gasteiger charge is -2.25. The number of hydrogen-bond acceptors (Lipinski definition) is 7. The highest BCUT2D eigenvalue weighted by Crippen LogP contribution is 2.34. The number of rotatable bonds is 6. The Bertz CT molecular complexity index is 1060. The molecular formula is C29H41N7. The molecule has 3 heterocycles. The second-order valence-electron chi connectivity index (χ2n) is 10.5. The molecule has 1 saturated carbocycles. The summed E-state index contributed by atoms with van der Waals surface area (Å²) in [7, 11) is 4.10. The van der Waals surface area contributed by atoms with Gasteiger partial charge in [0.05, 0.1) is 0 Å². The van der Waals surface area contributed by atoms with Gasteiger partial charge in [-0.15, -0.1) is 0 Å². The highest BCUT2D eigenvalue weighted by Gasteiger charge is 2.21. The van der Waals surface area contributed by atoms with Crippen LogP contribution in [0.2, 0.25) is 0 Å². The van der Waals surface area contributed by atoms with E-state index >= 15 is 0 Å². The minimum Gasteiger partial charge on any atom is -0.363 e. The van der Waals surface area contributed by atoms with Crippen molar-refractivity contribution >= 4 is 23.4 Å². The summed E-state index contributed by atoms with van der Waals surface area (Å²) in [6.07, 6.45) is 18.0. The molecule has 7 nitrogen and oxygen atoms in total. The smallest absolute Gasteiger partial charge is 0.229 e. The Hall–Kier alpha value is -3.09. The molecule has 1 aliphatic heterocycles. The summed E-state index contributed by atoms with van der Waals surface area (Å²) < 4.78 is 0. The third kappa shape index (κ3) is 6.18. The molecule has 2 aromatic heterocycles. The van der Waals surface area contributed by atoms with Crippen molar-refractivity contribution in [3.63, 3.8) is 0 Å². The summed E-state index contributed by atoms with van der Waals surface area (Å²) in [4.78, 5) is 21.2. The van der Waals surface area contributed by atoms with Crippen molar-refractivity contribution in [2.75, 3.05) is 60.3 Å². The zero-order valence-corrected chi connectivity index (χ0v) is 22.0. The van der Waals surface area contributed by atoms with Gasteiger partial charge in [0, 0.05) is 58.2 Å². The van der Waals surface area contributed by atoms with E-state index in [1.165, 1.54) is 37.8 Å². The number of anilines is 4. The number of aromatic nitrogens is 3. The lowest BCUT2D eigenvalue weighted by atomic mass is 9.82. The monoisotopic (exact) mass is 487 g/mol. The van der Waals surface area contributed by atoms with Gasteiger partial charge in [-0.3, -0.25) is 0 Å². The van der Waals surface area contributed by atoms with Crippen LogP contribution >= 0.6 is 0 Å². The Morgan fingerprint density at radius 3 is 2.53 bits per heavy atom. The molecule has 1 saturated heterocycles. The van der Waals surface area contributed by atoms with Crippen LogP contribution in [0.25, 0.3) is 0 Å². The number of hydrogen-bond donors (Lipinski definition) is 1. The highest BCUT2D eigenvalue weighted by atomic mass is 15.3. The SMILES string of the molecule is CN(C)c1cc(NC2=CCC=C(C3CCCCC3)CC2)nc(N2CCCN(c3ccccn3)CC2)n1. The first kappa shape index (κ1) is 24.6. The van der Waals surface area contributed by atoms with E-state index < -0.39 is 0 Å². The molecule has 2 fully saturated rings. The number of nitrogens with one attached hydrogen (secondary N) is 1. The fourth-order valence-corrected chi connectivity index (χ4v) is 5.70. The normalized spacial score (nSPS) is 19.7. The van der Waals surface area contributed by atoms with Crippen molar-refractivity contribution in [2.45, 2.75) is 57.8 Å². The van der Waals surface area contributed by atoms with E-state index in [9.17, 15) is 0 Å². The van der Waals surface area contributed by atoms with E-state index in [0.717, 1.165) is 81.2 Å². The Kier molecular flexibility index (Phi) is 8.04. The van der Waals surface area contributed by atoms with Crippen LogP contribution in [0.5, 0.6) is 0 Å². The maximum Gasteiger partial charge on any atom is 0.229 e. The second kappa shape index (κ2) is 11.8. The molecule has 0 amide bonds. The van der Waals surface area contributed by atoms with Gasteiger partial charge in [0.2, 0.25) is 5.95 Å². The lowest BCUT2D eigenvalue weighted by Crippen LogP contribution is -2.32. The van der Waals surface area contributed by atoms with Crippen molar-refractivity contribution in [2.24, 2.45) is 5.92 Å². The number of pyridine rings is 1. The average Bonchev–Trinajstić information content (AvgIpc) is 3.31. The third-order valence-corrected chi connectivity index (χ3v) is 7.76. The molecule has 2 aliphatic carbocycles. The van der Waals surface area contributed by atoms with E-state index in [4.69, 9.17) is 9.97 Å². The van der Waals surface area contributed by atoms with Crippen molar-refractivity contribution in [1.29, 1.82) is 0 Å². The van der Waals surface area contributed by atoms with Crippen LogP contribution in [-0.2, 0) is 0 Å². The quantitative estimate of drug-likeness (QED) is 0.529. The van der Waals surface area contributed by atoms with Gasteiger partial charge in [-0.1, -0.05) is 43.1 Å². The van der Waals surface area contributed by atoms with Gasteiger partial charge in [-0.25, -0.2) is 4.98 Å². The van der Waals surface area contributed by atoms with E-state index in [-0.39, 0.29) is 0 Å². The van der Waals surface area contributed by atoms with Crippen molar-refractivity contribution < 1.29 is 0 Å². The van der Waals surface area contributed by atoms with Crippen LogP contribution in [0.15, 0.2) is 53.9 Å². The molecule has 7 heteroatoms. The molecule has 0 bridgehead atoms. The molecular weight excluding hydrogens is 446 g/mol. The summed E-state index contributed by atoms with van der Waals surface area (Å²) in [5.74, 6) is 4.49. The topological polar surface area (TPSA) is 60.4 Å². The molecule has 0 unspecified atom stereocenters. The fourth-order valence-electron chi connectivity index (χ4n) is 5.70. The van der Waals surface area contributed by atoms with Crippen LogP contribution in [0.4, 0.5) is 23.4 Å². The summed E-state index contributed by atoms with van der Waals surface area (Å²) >= 11 is 0. The zero-order chi connectivity index (χ0) is 24.7. The third-order valence-electron chi connectivity index (χ3n) is 7.76. The van der Waals surface area contributed by atoms with Gasteiger partial charge in [0.1, 0.15) is 17.5 Å². The molecule has 0 spiro atoms. The van der Waals surface area contributed by atoms with Crippen LogP contribution in [0.3, 0.4) is 0 Å². The van der Waals surface area contributed by atoms with Gasteiger partial charge >= 0.3 is 0 Å². The molecule has 0 aromatic carbocycles. The van der Waals surface area contributed by atoms with Crippen LogP contribution in [-0.4, -0.2) is 55.2 Å². The average molecular weight is 488 g/mol. The first-order valence-corrected chi connectivity index (χ1v) is 13.8. The fraction of sp³-hybridized carbons (Fsp3) is 0.552. The first-order valence-electron chi connectivity index (χ1n) is 13.8. The van der Waals surface area contributed by atoms with E-state index in [0.29, 0.717) is 0 Å². The zero-order valence-electron chi connectivity index (χ0n) is 22.0. The highest BCUT2D eigenvalue weighted by molar-refractivity contribution is 5.56. The van der Waals surface area contributed by atoms with Crippen LogP contribution in [0.1, 0.15) is 57.8 Å². The van der Waals surface area contributed by atoms with Crippen LogP contribution < -0.4 is 20.0 Å². The summed E-state index contributed by atoms with van der Waals surface area (Å²) in [6, 6.07) is 8.19. The predicted octanol–water partition coefficient (Wildman–Crippen LogP) is 5.64. The summed E-state index contributed by atoms with van der Waals surface area (Å²) in [5.41, 5.74) is 2.96. The molecule has 1 N–H and O–H groups in total. The van der Waals surface area contributed by atoms with Gasteiger partial charge in [-0.05, 0) is 56.6 Å². The molecule has 2 aromatic rings. The molecule has 3 aliphatic rings. The summed E-state index contributed by atoms with van der Waals surface area (Å²) in [6.45, 7) is 3.73. The van der Waals surface area contributed by atoms with Gasteiger partial charge in [-0.2, -0.15) is 9.97 Å². The van der Waals surface area contributed by atoms with Gasteiger partial charge in [0.15, 0.2) is 0 Å². The Balaban J connectivity index is 1.27. The molecule has 0 radical (unpaired) electrons. The number of allylic oxidation sites excluding steroid dienone is 4. The van der Waals surface area contributed by atoms with Crippen molar-refractivity contribution in [3.05, 3.63) is 53.9 Å². The first-order chi connectivity index (χ1) is 17.7. The minimum absolute atomic E-state index is 0.807. The molecule has 36 heavy (non-hydrogen) atoms. The van der Waals surface area contributed by atoms with E-state index in [2.05, 4.69) is 55.4 Å². The lowest BCUT2D eigenvalue weighted by molar-refractivity contribution is 0.394. The molecule has 192 valence electrons.